The van der Waals surface area contributed by atoms with Gasteiger partial charge in [0.2, 0.25) is 5.91 Å². The molecular weight excluding hydrogens is 394 g/mol. The van der Waals surface area contributed by atoms with Crippen LogP contribution in [0.15, 0.2) is 36.5 Å². The zero-order valence-electron chi connectivity index (χ0n) is 17.9. The van der Waals surface area contributed by atoms with Crippen molar-refractivity contribution in [2.75, 3.05) is 32.8 Å². The highest BCUT2D eigenvalue weighted by molar-refractivity contribution is 5.92. The Morgan fingerprint density at radius 3 is 2.61 bits per heavy atom. The normalized spacial score (nSPS) is 18.1. The highest BCUT2D eigenvalue weighted by Gasteiger charge is 2.31. The zero-order valence-corrected chi connectivity index (χ0v) is 17.9. The number of carbonyl (C=O) groups excluding carboxylic acids is 2. The van der Waals surface area contributed by atoms with Crippen LogP contribution < -0.4 is 5.32 Å². The first-order valence-corrected chi connectivity index (χ1v) is 11.3. The minimum Gasteiger partial charge on any atom is -0.378 e. The summed E-state index contributed by atoms with van der Waals surface area (Å²) in [7, 11) is 0. The molecule has 1 aliphatic carbocycles. The molecule has 0 spiro atoms. The largest absolute Gasteiger partial charge is 0.378 e. The Morgan fingerprint density at radius 1 is 1.13 bits per heavy atom. The average Bonchev–Trinajstić information content (AvgIpc) is 3.50. The molecule has 1 saturated heterocycles. The Morgan fingerprint density at radius 2 is 1.87 bits per heavy atom. The highest BCUT2D eigenvalue weighted by Crippen LogP contribution is 2.37. The van der Waals surface area contributed by atoms with Crippen LogP contribution in [0.3, 0.4) is 0 Å². The summed E-state index contributed by atoms with van der Waals surface area (Å²) in [4.78, 5) is 27.2. The number of hydrogen-bond donors (Lipinski definition) is 1. The number of benzene rings is 1. The first kappa shape index (κ1) is 21.5. The molecule has 8 heteroatoms. The molecule has 4 rings (SSSR count). The number of ether oxygens (including phenoxy) is 1. The van der Waals surface area contributed by atoms with Crippen molar-refractivity contribution in [3.8, 4) is 0 Å². The molecule has 1 aromatic carbocycles. The molecule has 8 nitrogen and oxygen atoms in total. The molecule has 2 aromatic rings. The van der Waals surface area contributed by atoms with Gasteiger partial charge in [-0.25, -0.2) is 0 Å². The van der Waals surface area contributed by atoms with Gasteiger partial charge in [0.15, 0.2) is 5.69 Å². The van der Waals surface area contributed by atoms with E-state index in [4.69, 9.17) is 4.74 Å². The van der Waals surface area contributed by atoms with Crippen LogP contribution in [0.5, 0.6) is 0 Å². The fourth-order valence-electron chi connectivity index (χ4n) is 4.59. The van der Waals surface area contributed by atoms with Gasteiger partial charge in [-0.05, 0) is 30.7 Å². The number of carbonyl (C=O) groups is 2. The van der Waals surface area contributed by atoms with Gasteiger partial charge < -0.3 is 15.0 Å². The molecule has 0 radical (unpaired) electrons. The summed E-state index contributed by atoms with van der Waals surface area (Å²) in [6.45, 7) is 3.46. The molecular formula is C23H31N5O3. The van der Waals surface area contributed by atoms with Crippen molar-refractivity contribution < 1.29 is 14.3 Å². The number of morpholine rings is 1. The molecule has 1 N–H and O–H groups in total. The third-order valence-electron chi connectivity index (χ3n) is 6.23. The summed E-state index contributed by atoms with van der Waals surface area (Å²) in [5.41, 5.74) is 1.46. The number of nitrogens with one attached hydrogen (secondary N) is 1. The average molecular weight is 426 g/mol. The van der Waals surface area contributed by atoms with Crippen LogP contribution in [0, 0.1) is 5.92 Å². The maximum Gasteiger partial charge on any atom is 0.276 e. The number of aryl methyl sites for hydroxylation is 1. The number of hydrogen-bond acceptors (Lipinski definition) is 5. The molecule has 166 valence electrons. The molecule has 1 aliphatic heterocycles. The van der Waals surface area contributed by atoms with Crippen LogP contribution in [0.4, 0.5) is 0 Å². The van der Waals surface area contributed by atoms with Gasteiger partial charge in [0.1, 0.15) is 0 Å². The van der Waals surface area contributed by atoms with Gasteiger partial charge in [-0.2, -0.15) is 0 Å². The second-order valence-electron chi connectivity index (χ2n) is 8.35. The molecule has 0 unspecified atom stereocenters. The maximum atomic E-state index is 13.0. The van der Waals surface area contributed by atoms with Gasteiger partial charge in [0, 0.05) is 26.2 Å². The van der Waals surface area contributed by atoms with Gasteiger partial charge in [0.25, 0.3) is 5.91 Å². The Hall–Kier alpha value is -2.74. The number of rotatable bonds is 8. The fourth-order valence-corrected chi connectivity index (χ4v) is 4.59. The van der Waals surface area contributed by atoms with Crippen molar-refractivity contribution in [3.63, 3.8) is 0 Å². The van der Waals surface area contributed by atoms with Crippen molar-refractivity contribution in [2.45, 2.75) is 44.6 Å². The van der Waals surface area contributed by atoms with Crippen LogP contribution in [-0.2, 0) is 16.1 Å². The van der Waals surface area contributed by atoms with E-state index < -0.39 is 0 Å². The van der Waals surface area contributed by atoms with Gasteiger partial charge in [-0.3, -0.25) is 14.3 Å². The summed E-state index contributed by atoms with van der Waals surface area (Å²) in [5.74, 6) is 0.351. The summed E-state index contributed by atoms with van der Waals surface area (Å²) in [5, 5.41) is 11.2. The topological polar surface area (TPSA) is 89.4 Å². The lowest BCUT2D eigenvalue weighted by Gasteiger charge is -2.25. The molecule has 1 saturated carbocycles. The molecule has 0 bridgehead atoms. The lowest BCUT2D eigenvalue weighted by atomic mass is 9.84. The summed E-state index contributed by atoms with van der Waals surface area (Å²) in [6, 6.07) is 10.1. The van der Waals surface area contributed by atoms with Crippen molar-refractivity contribution in [1.82, 2.24) is 25.2 Å². The standard InChI is InChI=1S/C23H31N5O3/c29-22(21(19-9-4-5-10-19)18-7-2-1-3-8-18)24-11-6-12-28-17-20(25-26-28)23(30)27-13-15-31-16-14-27/h1-3,7-8,17,19,21H,4-6,9-16H2,(H,24,29)/t21-/m0/s1. The summed E-state index contributed by atoms with van der Waals surface area (Å²) >= 11 is 0. The van der Waals surface area contributed by atoms with Crippen molar-refractivity contribution in [3.05, 3.63) is 47.8 Å². The maximum absolute atomic E-state index is 13.0. The monoisotopic (exact) mass is 425 g/mol. The first-order chi connectivity index (χ1) is 15.2. The predicted octanol–water partition coefficient (Wildman–Crippen LogP) is 2.23. The Labute approximate surface area is 182 Å². The minimum absolute atomic E-state index is 0.0761. The van der Waals surface area contributed by atoms with E-state index in [-0.39, 0.29) is 17.7 Å². The van der Waals surface area contributed by atoms with Gasteiger partial charge >= 0.3 is 0 Å². The quantitative estimate of drug-likeness (QED) is 0.655. The molecule has 2 fully saturated rings. The van der Waals surface area contributed by atoms with Gasteiger partial charge in [-0.1, -0.05) is 48.4 Å². The Kier molecular flexibility index (Phi) is 7.30. The molecule has 2 heterocycles. The Bertz CT molecular complexity index is 857. The van der Waals surface area contributed by atoms with Crippen LogP contribution in [0.25, 0.3) is 0 Å². The molecule has 1 aromatic heterocycles. The van der Waals surface area contributed by atoms with E-state index in [0.717, 1.165) is 24.8 Å². The third kappa shape index (κ3) is 5.50. The van der Waals surface area contributed by atoms with E-state index in [1.165, 1.54) is 12.8 Å². The fraction of sp³-hybridized carbons (Fsp3) is 0.565. The van der Waals surface area contributed by atoms with Crippen LogP contribution in [0.2, 0.25) is 0 Å². The lowest BCUT2D eigenvalue weighted by Crippen LogP contribution is -2.40. The lowest BCUT2D eigenvalue weighted by molar-refractivity contribution is -0.123. The number of aromatic nitrogens is 3. The van der Waals surface area contributed by atoms with E-state index in [1.807, 2.05) is 18.2 Å². The third-order valence-corrected chi connectivity index (χ3v) is 6.23. The van der Waals surface area contributed by atoms with E-state index in [1.54, 1.807) is 15.8 Å². The predicted molar refractivity (Wildman–Crippen MR) is 116 cm³/mol. The van der Waals surface area contributed by atoms with E-state index >= 15 is 0 Å². The second kappa shape index (κ2) is 10.5. The van der Waals surface area contributed by atoms with E-state index in [9.17, 15) is 9.59 Å². The summed E-state index contributed by atoms with van der Waals surface area (Å²) in [6.07, 6.45) is 7.06. The number of nitrogens with zero attached hydrogens (tertiary/aromatic N) is 4. The first-order valence-electron chi connectivity index (χ1n) is 11.3. The minimum atomic E-state index is -0.106. The van der Waals surface area contributed by atoms with Crippen molar-refractivity contribution in [1.29, 1.82) is 0 Å². The molecule has 2 amide bonds. The van der Waals surface area contributed by atoms with Crippen molar-refractivity contribution >= 4 is 11.8 Å². The second-order valence-corrected chi connectivity index (χ2v) is 8.35. The Balaban J connectivity index is 1.26. The molecule has 1 atom stereocenters. The summed E-state index contributed by atoms with van der Waals surface area (Å²) < 4.78 is 6.96. The smallest absolute Gasteiger partial charge is 0.276 e. The SMILES string of the molecule is O=C(NCCCn1cc(C(=O)N2CCOCC2)nn1)[C@@H](c1ccccc1)C1CCCC1. The van der Waals surface area contributed by atoms with E-state index in [0.29, 0.717) is 51.0 Å². The van der Waals surface area contributed by atoms with Crippen LogP contribution in [0.1, 0.15) is 54.1 Å². The zero-order chi connectivity index (χ0) is 21.5. The van der Waals surface area contributed by atoms with Gasteiger partial charge in [-0.15, -0.1) is 5.10 Å². The van der Waals surface area contributed by atoms with Crippen molar-refractivity contribution in [2.24, 2.45) is 5.92 Å². The van der Waals surface area contributed by atoms with E-state index in [2.05, 4.69) is 27.8 Å². The number of amides is 2. The molecule has 31 heavy (non-hydrogen) atoms. The van der Waals surface area contributed by atoms with Gasteiger partial charge in [0.05, 0.1) is 25.3 Å². The van der Waals surface area contributed by atoms with Crippen LogP contribution in [-0.4, -0.2) is 64.6 Å². The highest BCUT2D eigenvalue weighted by atomic mass is 16.5. The molecule has 2 aliphatic rings. The van der Waals surface area contributed by atoms with Crippen LogP contribution >= 0.6 is 0 Å².